The third-order valence-electron chi connectivity index (χ3n) is 1.82. The van der Waals surface area contributed by atoms with Crippen LogP contribution in [0.1, 0.15) is 32.6 Å². The molecule has 2 N–H and O–H groups in total. The molecule has 0 aromatic heterocycles. The lowest BCUT2D eigenvalue weighted by atomic mass is 9.96. The van der Waals surface area contributed by atoms with Crippen molar-refractivity contribution in [1.82, 2.24) is 0 Å². The van der Waals surface area contributed by atoms with Crippen molar-refractivity contribution < 1.29 is 24.9 Å². The normalized spacial score (nSPS) is 11.2. The Morgan fingerprint density at radius 2 is 1.62 bits per heavy atom. The summed E-state index contributed by atoms with van der Waals surface area (Å²) in [5, 5.41) is 28.0. The molecule has 0 amide bonds. The molecule has 0 rings (SSSR count). The van der Waals surface area contributed by atoms with Crippen molar-refractivity contribution >= 4 is 11.9 Å². The molecule has 13 heavy (non-hydrogen) atoms. The molecular formula is C8H13O5. The second-order valence-corrected chi connectivity index (χ2v) is 2.89. The molecule has 0 aromatic rings. The molecule has 0 saturated heterocycles. The van der Waals surface area contributed by atoms with Crippen molar-refractivity contribution in [2.24, 2.45) is 0 Å². The quantitative estimate of drug-likeness (QED) is 0.479. The molecule has 0 atom stereocenters. The van der Waals surface area contributed by atoms with E-state index in [1.807, 2.05) is 6.92 Å². The summed E-state index contributed by atoms with van der Waals surface area (Å²) in [6.45, 7) is 1.88. The molecule has 0 bridgehead atoms. The molecule has 5 heteroatoms. The SMILES string of the molecule is CCCCCC([O])(C(=O)O)C(=O)O. The molecule has 0 aliphatic heterocycles. The van der Waals surface area contributed by atoms with Gasteiger partial charge in [0.2, 0.25) is 0 Å². The van der Waals surface area contributed by atoms with Crippen molar-refractivity contribution in [3.05, 3.63) is 0 Å². The zero-order chi connectivity index (χ0) is 10.5. The van der Waals surface area contributed by atoms with E-state index < -0.39 is 17.5 Å². The van der Waals surface area contributed by atoms with Crippen LogP contribution in [0.3, 0.4) is 0 Å². The number of carboxylic acids is 2. The largest absolute Gasteiger partial charge is 0.479 e. The number of aliphatic carboxylic acids is 2. The summed E-state index contributed by atoms with van der Waals surface area (Å²) in [5.41, 5.74) is -2.87. The van der Waals surface area contributed by atoms with Gasteiger partial charge in [0.05, 0.1) is 0 Å². The van der Waals surface area contributed by atoms with Gasteiger partial charge < -0.3 is 10.2 Å². The van der Waals surface area contributed by atoms with E-state index in [-0.39, 0.29) is 6.42 Å². The summed E-state index contributed by atoms with van der Waals surface area (Å²) >= 11 is 0. The highest BCUT2D eigenvalue weighted by molar-refractivity contribution is 6.01. The zero-order valence-electron chi connectivity index (χ0n) is 7.45. The molecule has 1 radical (unpaired) electrons. The highest BCUT2D eigenvalue weighted by atomic mass is 16.4. The summed E-state index contributed by atoms with van der Waals surface area (Å²) in [4.78, 5) is 20.7. The summed E-state index contributed by atoms with van der Waals surface area (Å²) in [5.74, 6) is -3.62. The van der Waals surface area contributed by atoms with Gasteiger partial charge in [-0.25, -0.2) is 14.7 Å². The Morgan fingerprint density at radius 1 is 1.15 bits per heavy atom. The summed E-state index contributed by atoms with van der Waals surface area (Å²) in [7, 11) is 0. The Bertz CT molecular complexity index is 185. The van der Waals surface area contributed by atoms with Crippen LogP contribution in [-0.2, 0) is 14.7 Å². The van der Waals surface area contributed by atoms with E-state index in [1.165, 1.54) is 0 Å². The smallest absolute Gasteiger partial charge is 0.351 e. The van der Waals surface area contributed by atoms with Crippen LogP contribution in [0, 0.1) is 0 Å². The van der Waals surface area contributed by atoms with Gasteiger partial charge >= 0.3 is 11.9 Å². The minimum Gasteiger partial charge on any atom is -0.479 e. The van der Waals surface area contributed by atoms with Crippen LogP contribution < -0.4 is 0 Å². The first-order chi connectivity index (χ1) is 5.95. The highest BCUT2D eigenvalue weighted by Crippen LogP contribution is 2.16. The Hall–Kier alpha value is -1.10. The fourth-order valence-corrected chi connectivity index (χ4v) is 0.929. The predicted molar refractivity (Wildman–Crippen MR) is 42.8 cm³/mol. The lowest BCUT2D eigenvalue weighted by molar-refractivity contribution is -0.185. The van der Waals surface area contributed by atoms with Gasteiger partial charge in [-0.05, 0) is 6.42 Å². The van der Waals surface area contributed by atoms with Crippen LogP contribution in [0.4, 0.5) is 0 Å². The van der Waals surface area contributed by atoms with Crippen LogP contribution >= 0.6 is 0 Å². The van der Waals surface area contributed by atoms with Crippen molar-refractivity contribution in [1.29, 1.82) is 0 Å². The third kappa shape index (κ3) is 3.02. The van der Waals surface area contributed by atoms with E-state index in [1.54, 1.807) is 0 Å². The van der Waals surface area contributed by atoms with Crippen molar-refractivity contribution in [2.45, 2.75) is 38.2 Å². The van der Waals surface area contributed by atoms with E-state index in [4.69, 9.17) is 10.2 Å². The number of carboxylic acid groups (broad SMARTS) is 2. The lowest BCUT2D eigenvalue weighted by Gasteiger charge is -2.14. The summed E-state index contributed by atoms with van der Waals surface area (Å²) in [6.07, 6.45) is 1.46. The summed E-state index contributed by atoms with van der Waals surface area (Å²) < 4.78 is 0. The number of unbranched alkanes of at least 4 members (excludes halogenated alkanes) is 2. The average molecular weight is 189 g/mol. The van der Waals surface area contributed by atoms with E-state index in [2.05, 4.69) is 0 Å². The Labute approximate surface area is 76.0 Å². The lowest BCUT2D eigenvalue weighted by Crippen LogP contribution is -2.45. The first-order valence-corrected chi connectivity index (χ1v) is 4.12. The molecule has 0 saturated carbocycles. The fraction of sp³-hybridized carbons (Fsp3) is 0.750. The molecule has 0 aliphatic carbocycles. The van der Waals surface area contributed by atoms with Gasteiger partial charge in [0, 0.05) is 6.42 Å². The number of hydrogen-bond acceptors (Lipinski definition) is 2. The maximum Gasteiger partial charge on any atom is 0.351 e. The van der Waals surface area contributed by atoms with Gasteiger partial charge in [0.25, 0.3) is 5.60 Å². The summed E-state index contributed by atoms with van der Waals surface area (Å²) in [6, 6.07) is 0. The standard InChI is InChI=1S/C8H13O5/c1-2-3-4-5-8(13,6(9)10)7(11)12/h2-5H2,1H3,(H,9,10)(H,11,12). The molecule has 75 valence electrons. The van der Waals surface area contributed by atoms with Gasteiger partial charge in [-0.1, -0.05) is 19.8 Å². The van der Waals surface area contributed by atoms with Crippen LogP contribution in [0.2, 0.25) is 0 Å². The van der Waals surface area contributed by atoms with E-state index >= 15 is 0 Å². The van der Waals surface area contributed by atoms with Gasteiger partial charge in [0.15, 0.2) is 0 Å². The first kappa shape index (κ1) is 11.9. The monoisotopic (exact) mass is 189 g/mol. The van der Waals surface area contributed by atoms with Crippen LogP contribution in [-0.4, -0.2) is 27.8 Å². The molecule has 0 heterocycles. The van der Waals surface area contributed by atoms with E-state index in [9.17, 15) is 14.7 Å². The minimum absolute atomic E-state index is 0.332. The van der Waals surface area contributed by atoms with E-state index in [0.29, 0.717) is 12.8 Å². The second kappa shape index (κ2) is 4.81. The molecule has 0 aliphatic rings. The van der Waals surface area contributed by atoms with Gasteiger partial charge in [-0.3, -0.25) is 0 Å². The maximum absolute atomic E-state index is 11.2. The first-order valence-electron chi connectivity index (χ1n) is 4.12. The Morgan fingerprint density at radius 3 is 1.92 bits per heavy atom. The number of carbonyl (C=O) groups is 2. The van der Waals surface area contributed by atoms with Gasteiger partial charge in [-0.15, -0.1) is 0 Å². The van der Waals surface area contributed by atoms with Crippen molar-refractivity contribution in [3.8, 4) is 0 Å². The highest BCUT2D eigenvalue weighted by Gasteiger charge is 2.46. The molecule has 0 unspecified atom stereocenters. The second-order valence-electron chi connectivity index (χ2n) is 2.89. The number of rotatable bonds is 6. The average Bonchev–Trinajstić information content (AvgIpc) is 2.03. The zero-order valence-corrected chi connectivity index (χ0v) is 7.45. The maximum atomic E-state index is 11.2. The van der Waals surface area contributed by atoms with Crippen molar-refractivity contribution in [3.63, 3.8) is 0 Å². The van der Waals surface area contributed by atoms with Crippen LogP contribution in [0.5, 0.6) is 0 Å². The fourth-order valence-electron chi connectivity index (χ4n) is 0.929. The molecular weight excluding hydrogens is 176 g/mol. The predicted octanol–water partition coefficient (Wildman–Crippen LogP) is 0.905. The molecule has 0 fully saturated rings. The van der Waals surface area contributed by atoms with Gasteiger partial charge in [-0.2, -0.15) is 0 Å². The minimum atomic E-state index is -2.87. The van der Waals surface area contributed by atoms with Gasteiger partial charge in [0.1, 0.15) is 0 Å². The molecule has 0 aromatic carbocycles. The molecule has 0 spiro atoms. The number of hydrogen-bond donors (Lipinski definition) is 2. The third-order valence-corrected chi connectivity index (χ3v) is 1.82. The van der Waals surface area contributed by atoms with E-state index in [0.717, 1.165) is 6.42 Å². The molecule has 5 nitrogen and oxygen atoms in total. The topological polar surface area (TPSA) is 94.5 Å². The van der Waals surface area contributed by atoms with Crippen LogP contribution in [0.15, 0.2) is 0 Å². The Kier molecular flexibility index (Phi) is 4.40. The Balaban J connectivity index is 4.26. The van der Waals surface area contributed by atoms with Crippen LogP contribution in [0.25, 0.3) is 0 Å². The van der Waals surface area contributed by atoms with Crippen molar-refractivity contribution in [2.75, 3.05) is 0 Å².